The molecule has 106 valence electrons. The molecule has 19 heavy (non-hydrogen) atoms. The van der Waals surface area contributed by atoms with E-state index in [-0.39, 0.29) is 0 Å². The van der Waals surface area contributed by atoms with E-state index in [9.17, 15) is 17.6 Å². The second-order valence-corrected chi connectivity index (χ2v) is 4.84. The number of nitrogens with two attached hydrogens (primary N) is 1. The van der Waals surface area contributed by atoms with Gasteiger partial charge in [-0.2, -0.15) is 13.2 Å². The summed E-state index contributed by atoms with van der Waals surface area (Å²) in [5.41, 5.74) is 4.48. The largest absolute Gasteiger partial charge is 0.419 e. The van der Waals surface area contributed by atoms with Gasteiger partial charge in [-0.15, -0.1) is 0 Å². The Kier molecular flexibility index (Phi) is 3.57. The van der Waals surface area contributed by atoms with Crippen LogP contribution < -0.4 is 5.73 Å². The third kappa shape index (κ3) is 2.47. The third-order valence-electron chi connectivity index (χ3n) is 3.83. The van der Waals surface area contributed by atoms with Gasteiger partial charge >= 0.3 is 6.18 Å². The van der Waals surface area contributed by atoms with Crippen LogP contribution in [0.2, 0.25) is 0 Å². The van der Waals surface area contributed by atoms with Crippen molar-refractivity contribution >= 4 is 0 Å². The Bertz CT molecular complexity index is 463. The van der Waals surface area contributed by atoms with Crippen molar-refractivity contribution < 1.29 is 22.3 Å². The Hall–Kier alpha value is -1.14. The van der Waals surface area contributed by atoms with Gasteiger partial charge in [-0.25, -0.2) is 4.39 Å². The van der Waals surface area contributed by atoms with E-state index in [2.05, 4.69) is 0 Å². The molecule has 1 unspecified atom stereocenters. The highest BCUT2D eigenvalue weighted by Gasteiger charge is 2.44. The fraction of sp³-hybridized carbons (Fsp3) is 0.538. The van der Waals surface area contributed by atoms with Gasteiger partial charge in [0.1, 0.15) is 5.82 Å². The van der Waals surface area contributed by atoms with E-state index in [1.54, 1.807) is 0 Å². The zero-order valence-electron chi connectivity index (χ0n) is 10.4. The zero-order valence-corrected chi connectivity index (χ0v) is 10.4. The highest BCUT2D eigenvalue weighted by Crippen LogP contribution is 2.44. The summed E-state index contributed by atoms with van der Waals surface area (Å²) in [4.78, 5) is 0. The quantitative estimate of drug-likeness (QED) is 0.859. The van der Waals surface area contributed by atoms with Crippen molar-refractivity contribution in [1.82, 2.24) is 0 Å². The fourth-order valence-electron chi connectivity index (χ4n) is 2.43. The van der Waals surface area contributed by atoms with Crippen LogP contribution in [0.15, 0.2) is 18.2 Å². The zero-order chi connectivity index (χ0) is 14.3. The van der Waals surface area contributed by atoms with E-state index < -0.39 is 29.2 Å². The van der Waals surface area contributed by atoms with E-state index in [1.807, 2.05) is 0 Å². The smallest absolute Gasteiger partial charge is 0.376 e. The van der Waals surface area contributed by atoms with Crippen molar-refractivity contribution in [2.45, 2.75) is 37.1 Å². The van der Waals surface area contributed by atoms with Crippen LogP contribution in [0, 0.1) is 5.82 Å². The average Bonchev–Trinajstić information content (AvgIpc) is 2.26. The second kappa shape index (κ2) is 4.76. The number of halogens is 4. The Morgan fingerprint density at radius 1 is 1.32 bits per heavy atom. The summed E-state index contributed by atoms with van der Waals surface area (Å²) in [6, 6.07) is 2.18. The normalized spacial score (nSPS) is 19.9. The standard InChI is InChI=1S/C13H15F4NO/c1-19-12(5-2-6-12)11(18)8-3-4-9(10(14)7-8)13(15,16)17/h3-4,7,11H,2,5-6,18H2,1H3. The van der Waals surface area contributed by atoms with Crippen molar-refractivity contribution in [3.05, 3.63) is 35.1 Å². The molecule has 0 aromatic heterocycles. The molecule has 1 fully saturated rings. The maximum absolute atomic E-state index is 13.5. The first-order chi connectivity index (χ1) is 8.80. The number of hydrogen-bond acceptors (Lipinski definition) is 2. The lowest BCUT2D eigenvalue weighted by Gasteiger charge is -2.45. The maximum atomic E-state index is 13.5. The summed E-state index contributed by atoms with van der Waals surface area (Å²) in [6.45, 7) is 0. The van der Waals surface area contributed by atoms with Crippen molar-refractivity contribution in [3.63, 3.8) is 0 Å². The molecule has 1 aliphatic rings. The SMILES string of the molecule is COC1(C(N)c2ccc(C(F)(F)F)c(F)c2)CCC1. The highest BCUT2D eigenvalue weighted by molar-refractivity contribution is 5.30. The summed E-state index contributed by atoms with van der Waals surface area (Å²) in [5, 5.41) is 0. The summed E-state index contributed by atoms with van der Waals surface area (Å²) < 4.78 is 56.3. The van der Waals surface area contributed by atoms with Gasteiger partial charge in [0.25, 0.3) is 0 Å². The van der Waals surface area contributed by atoms with Crippen LogP contribution in [0.4, 0.5) is 17.6 Å². The fourth-order valence-corrected chi connectivity index (χ4v) is 2.43. The summed E-state index contributed by atoms with van der Waals surface area (Å²) in [5.74, 6) is -1.30. The number of rotatable bonds is 3. The van der Waals surface area contributed by atoms with Crippen LogP contribution >= 0.6 is 0 Å². The van der Waals surface area contributed by atoms with Crippen LogP contribution in [0.3, 0.4) is 0 Å². The van der Waals surface area contributed by atoms with Gasteiger partial charge in [-0.3, -0.25) is 0 Å². The molecule has 2 N–H and O–H groups in total. The second-order valence-electron chi connectivity index (χ2n) is 4.84. The molecule has 1 aromatic carbocycles. The van der Waals surface area contributed by atoms with Crippen LogP contribution in [0.5, 0.6) is 0 Å². The van der Waals surface area contributed by atoms with Gasteiger partial charge in [-0.05, 0) is 37.0 Å². The van der Waals surface area contributed by atoms with Gasteiger partial charge in [0, 0.05) is 7.11 Å². The van der Waals surface area contributed by atoms with Crippen LogP contribution in [-0.2, 0) is 10.9 Å². The lowest BCUT2D eigenvalue weighted by atomic mass is 9.72. The van der Waals surface area contributed by atoms with Gasteiger partial charge in [0.05, 0.1) is 17.2 Å². The molecule has 1 atom stereocenters. The molecule has 2 rings (SSSR count). The molecule has 1 saturated carbocycles. The first-order valence-corrected chi connectivity index (χ1v) is 5.97. The van der Waals surface area contributed by atoms with E-state index in [0.717, 1.165) is 31.4 Å². The molecule has 0 aliphatic heterocycles. The van der Waals surface area contributed by atoms with Crippen molar-refractivity contribution in [1.29, 1.82) is 0 Å². The highest BCUT2D eigenvalue weighted by atomic mass is 19.4. The van der Waals surface area contributed by atoms with Crippen molar-refractivity contribution in [3.8, 4) is 0 Å². The van der Waals surface area contributed by atoms with Crippen LogP contribution in [-0.4, -0.2) is 12.7 Å². The van der Waals surface area contributed by atoms with Gasteiger partial charge in [0.15, 0.2) is 0 Å². The minimum atomic E-state index is -4.69. The van der Waals surface area contributed by atoms with Crippen molar-refractivity contribution in [2.24, 2.45) is 5.73 Å². The van der Waals surface area contributed by atoms with Crippen LogP contribution in [0.25, 0.3) is 0 Å². The summed E-state index contributed by atoms with van der Waals surface area (Å²) >= 11 is 0. The van der Waals surface area contributed by atoms with E-state index in [4.69, 9.17) is 10.5 Å². The topological polar surface area (TPSA) is 35.2 Å². The molecule has 1 aromatic rings. The third-order valence-corrected chi connectivity index (χ3v) is 3.83. The Morgan fingerprint density at radius 3 is 2.32 bits per heavy atom. The van der Waals surface area contributed by atoms with Gasteiger partial charge in [-0.1, -0.05) is 6.07 Å². The number of ether oxygens (including phenoxy) is 1. The van der Waals surface area contributed by atoms with Gasteiger partial charge in [0.2, 0.25) is 0 Å². The number of methoxy groups -OCH3 is 1. The number of benzene rings is 1. The van der Waals surface area contributed by atoms with Gasteiger partial charge < -0.3 is 10.5 Å². The predicted octanol–water partition coefficient (Wildman–Crippen LogP) is 3.41. The summed E-state index contributed by atoms with van der Waals surface area (Å²) in [6.07, 6.45) is -2.28. The molecule has 6 heteroatoms. The van der Waals surface area contributed by atoms with Crippen molar-refractivity contribution in [2.75, 3.05) is 7.11 Å². The molecule has 0 amide bonds. The molecule has 0 heterocycles. The first kappa shape index (κ1) is 14.3. The van der Waals surface area contributed by atoms with E-state index >= 15 is 0 Å². The van der Waals surface area contributed by atoms with E-state index in [0.29, 0.717) is 5.56 Å². The number of alkyl halides is 3. The molecule has 0 radical (unpaired) electrons. The Balaban J connectivity index is 2.30. The first-order valence-electron chi connectivity index (χ1n) is 5.97. The minimum absolute atomic E-state index is 0.326. The monoisotopic (exact) mass is 277 g/mol. The maximum Gasteiger partial charge on any atom is 0.419 e. The lowest BCUT2D eigenvalue weighted by Crippen LogP contribution is -2.48. The molecular formula is C13H15F4NO. The summed E-state index contributed by atoms with van der Waals surface area (Å²) in [7, 11) is 1.51. The molecule has 0 spiro atoms. The minimum Gasteiger partial charge on any atom is -0.376 e. The molecule has 1 aliphatic carbocycles. The Morgan fingerprint density at radius 2 is 1.95 bits per heavy atom. The molecule has 0 bridgehead atoms. The Labute approximate surface area is 108 Å². The predicted molar refractivity (Wildman–Crippen MR) is 61.9 cm³/mol. The molecule has 2 nitrogen and oxygen atoms in total. The average molecular weight is 277 g/mol. The molecule has 0 saturated heterocycles. The molecular weight excluding hydrogens is 262 g/mol. The lowest BCUT2D eigenvalue weighted by molar-refractivity contribution is -0.140. The number of hydrogen-bond donors (Lipinski definition) is 1. The van der Waals surface area contributed by atoms with E-state index in [1.165, 1.54) is 13.2 Å². The van der Waals surface area contributed by atoms with Crippen LogP contribution in [0.1, 0.15) is 36.4 Å².